The maximum Gasteiger partial charge on any atom is 0.337 e. The number of rotatable bonds is 8. The summed E-state index contributed by atoms with van der Waals surface area (Å²) < 4.78 is 26.4. The predicted molar refractivity (Wildman–Crippen MR) is 92.4 cm³/mol. The summed E-state index contributed by atoms with van der Waals surface area (Å²) in [4.78, 5) is 11.4. The van der Waals surface area contributed by atoms with E-state index in [9.17, 15) is 4.79 Å². The van der Waals surface area contributed by atoms with Crippen LogP contribution in [0.1, 0.15) is 21.5 Å². The van der Waals surface area contributed by atoms with Gasteiger partial charge in [-0.15, -0.1) is 0 Å². The molecule has 0 saturated carbocycles. The molecule has 0 saturated heterocycles. The predicted octanol–water partition coefficient (Wildman–Crippen LogP) is 3.22. The fourth-order valence-corrected chi connectivity index (χ4v) is 2.36. The lowest BCUT2D eigenvalue weighted by atomic mass is 10.1. The Kier molecular flexibility index (Phi) is 6.65. The van der Waals surface area contributed by atoms with E-state index in [4.69, 9.17) is 18.9 Å². The quantitative estimate of drug-likeness (QED) is 0.684. The van der Waals surface area contributed by atoms with Gasteiger partial charge in [-0.3, -0.25) is 0 Å². The standard InChI is InChI=1S/C19H22O6/c1-21-16-9-14(10-17(22-2)18(16)23-3)12-25-11-13-5-7-15(8-6-13)19(20)24-4/h5-10H,11-12H2,1-4H3. The fourth-order valence-electron chi connectivity index (χ4n) is 2.36. The average molecular weight is 346 g/mol. The molecule has 0 amide bonds. The third kappa shape index (κ3) is 4.64. The molecule has 0 spiro atoms. The second kappa shape index (κ2) is 8.94. The molecular formula is C19H22O6. The van der Waals surface area contributed by atoms with Crippen LogP contribution in [0.15, 0.2) is 36.4 Å². The average Bonchev–Trinajstić information content (AvgIpc) is 2.66. The summed E-state index contributed by atoms with van der Waals surface area (Å²) in [5.41, 5.74) is 2.37. The molecule has 0 atom stereocenters. The molecule has 6 nitrogen and oxygen atoms in total. The second-order valence-electron chi connectivity index (χ2n) is 5.21. The number of ether oxygens (including phenoxy) is 5. The Balaban J connectivity index is 2.00. The van der Waals surface area contributed by atoms with Crippen molar-refractivity contribution < 1.29 is 28.5 Å². The SMILES string of the molecule is COC(=O)c1ccc(COCc2cc(OC)c(OC)c(OC)c2)cc1. The Labute approximate surface area is 147 Å². The van der Waals surface area contributed by atoms with Crippen LogP contribution in [-0.4, -0.2) is 34.4 Å². The normalized spacial score (nSPS) is 10.2. The van der Waals surface area contributed by atoms with E-state index in [0.29, 0.717) is 36.0 Å². The number of esters is 1. The van der Waals surface area contributed by atoms with E-state index < -0.39 is 0 Å². The smallest absolute Gasteiger partial charge is 0.337 e. The van der Waals surface area contributed by atoms with Gasteiger partial charge in [0.25, 0.3) is 0 Å². The lowest BCUT2D eigenvalue weighted by Gasteiger charge is -2.14. The lowest BCUT2D eigenvalue weighted by Crippen LogP contribution is -2.02. The van der Waals surface area contributed by atoms with Gasteiger partial charge in [0.05, 0.1) is 47.2 Å². The van der Waals surface area contributed by atoms with E-state index in [1.54, 1.807) is 33.5 Å². The van der Waals surface area contributed by atoms with Gasteiger partial charge >= 0.3 is 5.97 Å². The minimum absolute atomic E-state index is 0.357. The van der Waals surface area contributed by atoms with Gasteiger partial charge in [-0.2, -0.15) is 0 Å². The molecule has 0 bridgehead atoms. The van der Waals surface area contributed by atoms with Crippen LogP contribution in [0.5, 0.6) is 17.2 Å². The Morgan fingerprint density at radius 2 is 1.36 bits per heavy atom. The first kappa shape index (κ1) is 18.6. The Morgan fingerprint density at radius 3 is 1.84 bits per heavy atom. The minimum atomic E-state index is -0.357. The molecule has 0 radical (unpaired) electrons. The van der Waals surface area contributed by atoms with Crippen molar-refractivity contribution in [1.29, 1.82) is 0 Å². The molecule has 134 valence electrons. The van der Waals surface area contributed by atoms with Crippen LogP contribution >= 0.6 is 0 Å². The van der Waals surface area contributed by atoms with Gasteiger partial charge in [0.2, 0.25) is 5.75 Å². The van der Waals surface area contributed by atoms with Crippen molar-refractivity contribution in [2.45, 2.75) is 13.2 Å². The van der Waals surface area contributed by atoms with Gasteiger partial charge in [-0.25, -0.2) is 4.79 Å². The highest BCUT2D eigenvalue weighted by Crippen LogP contribution is 2.38. The number of carbonyl (C=O) groups excluding carboxylic acids is 1. The third-order valence-electron chi connectivity index (χ3n) is 3.64. The van der Waals surface area contributed by atoms with E-state index in [1.807, 2.05) is 24.3 Å². The molecule has 0 aliphatic rings. The number of methoxy groups -OCH3 is 4. The Hall–Kier alpha value is -2.73. The molecule has 2 aromatic rings. The summed E-state index contributed by atoms with van der Waals surface area (Å²) in [5, 5.41) is 0. The van der Waals surface area contributed by atoms with E-state index >= 15 is 0 Å². The van der Waals surface area contributed by atoms with Crippen molar-refractivity contribution in [3.8, 4) is 17.2 Å². The summed E-state index contributed by atoms with van der Waals surface area (Å²) in [5.74, 6) is 1.36. The molecule has 0 aliphatic heterocycles. The highest BCUT2D eigenvalue weighted by molar-refractivity contribution is 5.89. The third-order valence-corrected chi connectivity index (χ3v) is 3.64. The van der Waals surface area contributed by atoms with Crippen molar-refractivity contribution in [3.63, 3.8) is 0 Å². The zero-order valence-electron chi connectivity index (χ0n) is 14.8. The van der Waals surface area contributed by atoms with Crippen LogP contribution in [0.2, 0.25) is 0 Å². The first-order valence-electron chi connectivity index (χ1n) is 7.66. The first-order chi connectivity index (χ1) is 12.1. The van der Waals surface area contributed by atoms with Crippen LogP contribution in [0, 0.1) is 0 Å². The zero-order chi connectivity index (χ0) is 18.2. The van der Waals surface area contributed by atoms with Gasteiger partial charge in [0, 0.05) is 0 Å². The molecule has 2 aromatic carbocycles. The van der Waals surface area contributed by atoms with E-state index in [0.717, 1.165) is 11.1 Å². The van der Waals surface area contributed by atoms with Crippen LogP contribution in [0.25, 0.3) is 0 Å². The van der Waals surface area contributed by atoms with Gasteiger partial charge in [-0.1, -0.05) is 12.1 Å². The largest absolute Gasteiger partial charge is 0.493 e. The summed E-state index contributed by atoms with van der Waals surface area (Å²) in [6.45, 7) is 0.799. The molecule has 25 heavy (non-hydrogen) atoms. The molecular weight excluding hydrogens is 324 g/mol. The zero-order valence-corrected chi connectivity index (χ0v) is 14.8. The van der Waals surface area contributed by atoms with Gasteiger partial charge in [0.15, 0.2) is 11.5 Å². The summed E-state index contributed by atoms with van der Waals surface area (Å²) in [6, 6.07) is 10.8. The van der Waals surface area contributed by atoms with Crippen LogP contribution in [-0.2, 0) is 22.7 Å². The molecule has 2 rings (SSSR count). The Bertz CT molecular complexity index is 683. The fraction of sp³-hybridized carbons (Fsp3) is 0.316. The highest BCUT2D eigenvalue weighted by Gasteiger charge is 2.13. The molecule has 0 aromatic heterocycles. The van der Waals surface area contributed by atoms with Crippen molar-refractivity contribution in [2.75, 3.05) is 28.4 Å². The van der Waals surface area contributed by atoms with Crippen LogP contribution in [0.3, 0.4) is 0 Å². The monoisotopic (exact) mass is 346 g/mol. The lowest BCUT2D eigenvalue weighted by molar-refractivity contribution is 0.0600. The summed E-state index contributed by atoms with van der Waals surface area (Å²) >= 11 is 0. The van der Waals surface area contributed by atoms with E-state index in [-0.39, 0.29) is 5.97 Å². The molecule has 0 unspecified atom stereocenters. The maximum absolute atomic E-state index is 11.4. The van der Waals surface area contributed by atoms with Crippen LogP contribution < -0.4 is 14.2 Å². The van der Waals surface area contributed by atoms with Crippen molar-refractivity contribution in [2.24, 2.45) is 0 Å². The van der Waals surface area contributed by atoms with Gasteiger partial charge in [0.1, 0.15) is 0 Å². The minimum Gasteiger partial charge on any atom is -0.493 e. The van der Waals surface area contributed by atoms with Gasteiger partial charge < -0.3 is 23.7 Å². The maximum atomic E-state index is 11.4. The topological polar surface area (TPSA) is 63.2 Å². The summed E-state index contributed by atoms with van der Waals surface area (Å²) in [7, 11) is 6.07. The van der Waals surface area contributed by atoms with E-state index in [1.165, 1.54) is 7.11 Å². The highest BCUT2D eigenvalue weighted by atomic mass is 16.5. The Morgan fingerprint density at radius 1 is 0.800 bits per heavy atom. The molecule has 6 heteroatoms. The number of hydrogen-bond acceptors (Lipinski definition) is 6. The van der Waals surface area contributed by atoms with Crippen molar-refractivity contribution in [3.05, 3.63) is 53.1 Å². The molecule has 0 N–H and O–H groups in total. The van der Waals surface area contributed by atoms with Gasteiger partial charge in [-0.05, 0) is 35.4 Å². The number of carbonyl (C=O) groups is 1. The molecule has 0 heterocycles. The van der Waals surface area contributed by atoms with Crippen molar-refractivity contribution >= 4 is 5.97 Å². The second-order valence-corrected chi connectivity index (χ2v) is 5.21. The van der Waals surface area contributed by atoms with Crippen molar-refractivity contribution in [1.82, 2.24) is 0 Å². The van der Waals surface area contributed by atoms with Crippen LogP contribution in [0.4, 0.5) is 0 Å². The molecule has 0 aliphatic carbocycles. The van der Waals surface area contributed by atoms with E-state index in [2.05, 4.69) is 4.74 Å². The first-order valence-corrected chi connectivity index (χ1v) is 7.66. The number of hydrogen-bond donors (Lipinski definition) is 0. The molecule has 0 fully saturated rings. The summed E-state index contributed by atoms with van der Waals surface area (Å²) in [6.07, 6.45) is 0. The number of benzene rings is 2.